The van der Waals surface area contributed by atoms with Crippen molar-refractivity contribution in [1.82, 2.24) is 19.0 Å². The van der Waals surface area contributed by atoms with Crippen LogP contribution in [0, 0.1) is 0 Å². The highest BCUT2D eigenvalue weighted by Crippen LogP contribution is 2.35. The van der Waals surface area contributed by atoms with E-state index in [0.717, 1.165) is 37.2 Å². The number of hydrogen-bond acceptors (Lipinski definition) is 4. The Bertz CT molecular complexity index is 879. The Kier molecular flexibility index (Phi) is 5.72. The van der Waals surface area contributed by atoms with Crippen molar-refractivity contribution in [2.75, 3.05) is 20.6 Å². The number of rotatable bonds is 5. The lowest BCUT2D eigenvalue weighted by molar-refractivity contribution is 0.250. The normalized spacial score (nSPS) is 19.2. The van der Waals surface area contributed by atoms with Crippen LogP contribution in [-0.4, -0.2) is 48.0 Å². The van der Waals surface area contributed by atoms with Gasteiger partial charge in [0.15, 0.2) is 0 Å². The zero-order valence-corrected chi connectivity index (χ0v) is 17.0. The Hall–Kier alpha value is -1.41. The number of piperidine rings is 1. The van der Waals surface area contributed by atoms with E-state index >= 15 is 0 Å². The second-order valence-corrected chi connectivity index (χ2v) is 9.33. The van der Waals surface area contributed by atoms with Crippen LogP contribution < -0.4 is 0 Å². The predicted molar refractivity (Wildman–Crippen MR) is 103 cm³/mol. The summed E-state index contributed by atoms with van der Waals surface area (Å²) in [4.78, 5) is 2.31. The van der Waals surface area contributed by atoms with Crippen molar-refractivity contribution in [3.8, 4) is 0 Å². The molecule has 0 spiro atoms. The summed E-state index contributed by atoms with van der Waals surface area (Å²) in [6.07, 6.45) is 2.62. The van der Waals surface area contributed by atoms with Crippen LogP contribution in [0.1, 0.15) is 36.7 Å². The molecule has 3 rings (SSSR count). The van der Waals surface area contributed by atoms with Crippen LogP contribution in [0.25, 0.3) is 0 Å². The molecule has 142 valence electrons. The first kappa shape index (κ1) is 19.4. The molecule has 6 nitrogen and oxygen atoms in total. The van der Waals surface area contributed by atoms with E-state index in [9.17, 15) is 8.42 Å². The number of halogens is 1. The number of hydrogen-bond donors (Lipinski definition) is 0. The smallest absolute Gasteiger partial charge is 0.243 e. The van der Waals surface area contributed by atoms with E-state index in [-0.39, 0.29) is 10.9 Å². The van der Waals surface area contributed by atoms with Gasteiger partial charge in [-0.2, -0.15) is 9.40 Å². The molecule has 0 saturated carbocycles. The lowest BCUT2D eigenvalue weighted by atomic mass is 10.0. The van der Waals surface area contributed by atoms with Crippen LogP contribution in [-0.2, 0) is 23.6 Å². The standard InChI is InChI=1S/C18H25ClN4O2S/c1-21(2)13-15-12-17(20-22(15)3)18-9-4-5-10-23(18)26(24,25)16-8-6-7-14(19)11-16/h6-8,11-12,18H,4-5,9-10,13H2,1-3H3. The molecule has 1 aromatic carbocycles. The molecule has 1 atom stereocenters. The van der Waals surface area contributed by atoms with Crippen molar-refractivity contribution in [1.29, 1.82) is 0 Å². The van der Waals surface area contributed by atoms with Crippen LogP contribution in [0.5, 0.6) is 0 Å². The Morgan fingerprint density at radius 1 is 1.27 bits per heavy atom. The highest BCUT2D eigenvalue weighted by atomic mass is 35.5. The van der Waals surface area contributed by atoms with Gasteiger partial charge >= 0.3 is 0 Å². The number of nitrogens with zero attached hydrogens (tertiary/aromatic N) is 4. The minimum atomic E-state index is -3.62. The lowest BCUT2D eigenvalue weighted by Crippen LogP contribution is -2.38. The molecule has 1 unspecified atom stereocenters. The summed E-state index contributed by atoms with van der Waals surface area (Å²) in [5.74, 6) is 0. The van der Waals surface area contributed by atoms with E-state index in [4.69, 9.17) is 11.6 Å². The average Bonchev–Trinajstić information content (AvgIpc) is 2.95. The third kappa shape index (κ3) is 3.96. The molecule has 26 heavy (non-hydrogen) atoms. The number of aryl methyl sites for hydroxylation is 1. The second kappa shape index (κ2) is 7.68. The fourth-order valence-corrected chi connectivity index (χ4v) is 5.39. The van der Waals surface area contributed by atoms with Crippen molar-refractivity contribution >= 4 is 21.6 Å². The van der Waals surface area contributed by atoms with Gasteiger partial charge in [0.25, 0.3) is 0 Å². The van der Waals surface area contributed by atoms with Crippen molar-refractivity contribution < 1.29 is 8.42 Å². The Balaban J connectivity index is 1.96. The van der Waals surface area contributed by atoms with Crippen molar-refractivity contribution in [3.63, 3.8) is 0 Å². The van der Waals surface area contributed by atoms with Gasteiger partial charge in [-0.25, -0.2) is 8.42 Å². The SMILES string of the molecule is CN(C)Cc1cc(C2CCCCN2S(=O)(=O)c2cccc(Cl)c2)nn1C. The number of sulfonamides is 1. The van der Waals surface area contributed by atoms with Crippen LogP contribution in [0.15, 0.2) is 35.2 Å². The van der Waals surface area contributed by atoms with E-state index in [1.165, 1.54) is 6.07 Å². The van der Waals surface area contributed by atoms with E-state index in [0.29, 0.717) is 11.6 Å². The van der Waals surface area contributed by atoms with Crippen LogP contribution >= 0.6 is 11.6 Å². The Morgan fingerprint density at radius 2 is 2.04 bits per heavy atom. The molecule has 1 fully saturated rings. The van der Waals surface area contributed by atoms with Gasteiger partial charge in [-0.3, -0.25) is 4.68 Å². The molecule has 0 amide bonds. The molecule has 0 aliphatic carbocycles. The zero-order chi connectivity index (χ0) is 18.9. The second-order valence-electron chi connectivity index (χ2n) is 7.01. The van der Waals surface area contributed by atoms with Gasteiger partial charge in [0.05, 0.1) is 22.3 Å². The first-order valence-corrected chi connectivity index (χ1v) is 10.6. The molecule has 1 saturated heterocycles. The summed E-state index contributed by atoms with van der Waals surface area (Å²) in [5.41, 5.74) is 1.88. The molecule has 2 aromatic rings. The van der Waals surface area contributed by atoms with Crippen molar-refractivity contribution in [2.45, 2.75) is 36.7 Å². The fourth-order valence-electron chi connectivity index (χ4n) is 3.42. The molecule has 2 heterocycles. The molecule has 0 radical (unpaired) electrons. The van der Waals surface area contributed by atoms with Gasteiger partial charge < -0.3 is 4.90 Å². The molecule has 0 bridgehead atoms. The minimum absolute atomic E-state index is 0.237. The van der Waals surface area contributed by atoms with Gasteiger partial charge in [-0.1, -0.05) is 24.1 Å². The molecule has 0 N–H and O–H groups in total. The first-order valence-electron chi connectivity index (χ1n) is 8.74. The lowest BCUT2D eigenvalue weighted by Gasteiger charge is -2.33. The monoisotopic (exact) mass is 396 g/mol. The summed E-state index contributed by atoms with van der Waals surface area (Å²) in [7, 11) is 2.29. The van der Waals surface area contributed by atoms with Gasteiger partial charge in [-0.05, 0) is 51.2 Å². The highest BCUT2D eigenvalue weighted by Gasteiger charge is 2.36. The predicted octanol–water partition coefficient (Wildman–Crippen LogP) is 3.05. The summed E-state index contributed by atoms with van der Waals surface area (Å²) >= 11 is 6.01. The maximum atomic E-state index is 13.2. The summed E-state index contributed by atoms with van der Waals surface area (Å²) in [5, 5.41) is 5.04. The maximum absolute atomic E-state index is 13.2. The van der Waals surface area contributed by atoms with E-state index < -0.39 is 10.0 Å². The third-order valence-electron chi connectivity index (χ3n) is 4.67. The van der Waals surface area contributed by atoms with Gasteiger partial charge in [0.1, 0.15) is 0 Å². The number of benzene rings is 1. The van der Waals surface area contributed by atoms with E-state index in [1.807, 2.05) is 31.9 Å². The first-order chi connectivity index (χ1) is 12.3. The molecular formula is C18H25ClN4O2S. The largest absolute Gasteiger partial charge is 0.304 e. The maximum Gasteiger partial charge on any atom is 0.243 e. The van der Waals surface area contributed by atoms with Crippen LogP contribution in [0.2, 0.25) is 5.02 Å². The molecule has 1 aliphatic heterocycles. The van der Waals surface area contributed by atoms with Crippen LogP contribution in [0.3, 0.4) is 0 Å². The fraction of sp³-hybridized carbons (Fsp3) is 0.500. The van der Waals surface area contributed by atoms with E-state index in [1.54, 1.807) is 22.5 Å². The van der Waals surface area contributed by atoms with Gasteiger partial charge in [0.2, 0.25) is 10.0 Å². The summed E-state index contributed by atoms with van der Waals surface area (Å²) < 4.78 is 29.9. The molecule has 1 aromatic heterocycles. The molecular weight excluding hydrogens is 372 g/mol. The summed E-state index contributed by atoms with van der Waals surface area (Å²) in [6.45, 7) is 1.26. The van der Waals surface area contributed by atoms with E-state index in [2.05, 4.69) is 10.00 Å². The highest BCUT2D eigenvalue weighted by molar-refractivity contribution is 7.89. The Morgan fingerprint density at radius 3 is 2.73 bits per heavy atom. The quantitative estimate of drug-likeness (QED) is 0.779. The van der Waals surface area contributed by atoms with Gasteiger partial charge in [-0.15, -0.1) is 0 Å². The number of aromatic nitrogens is 2. The van der Waals surface area contributed by atoms with Crippen LogP contribution in [0.4, 0.5) is 0 Å². The topological polar surface area (TPSA) is 58.4 Å². The molecule has 1 aliphatic rings. The third-order valence-corrected chi connectivity index (χ3v) is 6.81. The minimum Gasteiger partial charge on any atom is -0.304 e. The average molecular weight is 397 g/mol. The molecule has 8 heteroatoms. The zero-order valence-electron chi connectivity index (χ0n) is 15.4. The van der Waals surface area contributed by atoms with Crippen molar-refractivity contribution in [2.24, 2.45) is 7.05 Å². The Labute approximate surface area is 160 Å². The van der Waals surface area contributed by atoms with Crippen molar-refractivity contribution in [3.05, 3.63) is 46.7 Å². The summed E-state index contributed by atoms with van der Waals surface area (Å²) in [6, 6.07) is 8.25. The van der Waals surface area contributed by atoms with Gasteiger partial charge in [0, 0.05) is 25.2 Å².